The van der Waals surface area contributed by atoms with E-state index in [0.717, 1.165) is 12.1 Å². The van der Waals surface area contributed by atoms with Gasteiger partial charge in [0.15, 0.2) is 64.0 Å². The highest BCUT2D eigenvalue weighted by molar-refractivity contribution is 5.92. The summed E-state index contributed by atoms with van der Waals surface area (Å²) >= 11 is 0. The topological polar surface area (TPSA) is 311 Å². The summed E-state index contributed by atoms with van der Waals surface area (Å²) in [7, 11) is 0. The van der Waals surface area contributed by atoms with Crippen LogP contribution in [-0.2, 0) is 18.9 Å². The molecule has 0 aliphatic carbocycles. The van der Waals surface area contributed by atoms with Crippen LogP contribution in [0.1, 0.15) is 31.1 Å². The van der Waals surface area contributed by atoms with Crippen LogP contribution in [0.5, 0.6) is 51.7 Å². The third-order valence-corrected chi connectivity index (χ3v) is 6.40. The molecule has 4 rings (SSSR count). The van der Waals surface area contributed by atoms with Crippen LogP contribution in [0.2, 0.25) is 0 Å². The fraction of sp³-hybridized carbons (Fsp3) is 0.222. The van der Waals surface area contributed by atoms with Crippen LogP contribution in [0.25, 0.3) is 0 Å². The molecule has 0 aromatic heterocycles. The molecule has 0 bridgehead atoms. The summed E-state index contributed by atoms with van der Waals surface area (Å²) in [5.74, 6) is -12.3. The molecule has 0 amide bonds. The maximum atomic E-state index is 12.8. The normalized spacial score (nSPS) is 21.1. The number of phenolic OH excluding ortho intramolecular Hbond substituents is 9. The van der Waals surface area contributed by atoms with E-state index in [1.165, 1.54) is 0 Å². The van der Waals surface area contributed by atoms with E-state index in [1.54, 1.807) is 0 Å². The van der Waals surface area contributed by atoms with Crippen molar-refractivity contribution in [2.45, 2.75) is 30.7 Å². The van der Waals surface area contributed by atoms with E-state index in [2.05, 4.69) is 0 Å². The van der Waals surface area contributed by atoms with Gasteiger partial charge in [0, 0.05) is 0 Å². The van der Waals surface area contributed by atoms with Crippen LogP contribution >= 0.6 is 0 Å². The van der Waals surface area contributed by atoms with Gasteiger partial charge in [0.05, 0.1) is 16.7 Å². The largest absolute Gasteiger partial charge is 0.504 e. The van der Waals surface area contributed by atoms with Crippen molar-refractivity contribution >= 4 is 17.9 Å². The molecule has 1 fully saturated rings. The molecular formula is C27H24O18. The van der Waals surface area contributed by atoms with Crippen LogP contribution in [-0.4, -0.2) is 111 Å². The number of benzene rings is 3. The second kappa shape index (κ2) is 12.4. The summed E-state index contributed by atoms with van der Waals surface area (Å²) < 4.78 is 20.6. The van der Waals surface area contributed by atoms with Crippen molar-refractivity contribution in [2.24, 2.45) is 0 Å². The summed E-state index contributed by atoms with van der Waals surface area (Å²) in [6, 6.07) is 4.20. The second-order valence-electron chi connectivity index (χ2n) is 9.49. The first kappa shape index (κ1) is 32.1. The summed E-state index contributed by atoms with van der Waals surface area (Å²) in [4.78, 5) is 38.1. The molecule has 240 valence electrons. The van der Waals surface area contributed by atoms with Gasteiger partial charge in [-0.1, -0.05) is 0 Å². The molecule has 11 N–H and O–H groups in total. The van der Waals surface area contributed by atoms with E-state index in [9.17, 15) is 70.6 Å². The lowest BCUT2D eigenvalue weighted by atomic mass is 9.98. The zero-order valence-electron chi connectivity index (χ0n) is 22.3. The first-order valence-corrected chi connectivity index (χ1v) is 12.4. The van der Waals surface area contributed by atoms with Crippen molar-refractivity contribution in [3.63, 3.8) is 0 Å². The Hall–Kier alpha value is -5.85. The Labute approximate surface area is 249 Å². The molecule has 18 nitrogen and oxygen atoms in total. The van der Waals surface area contributed by atoms with E-state index < -0.39 is 124 Å². The molecule has 0 radical (unpaired) electrons. The molecular weight excluding hydrogens is 612 g/mol. The number of carbonyl (C=O) groups excluding carboxylic acids is 3. The van der Waals surface area contributed by atoms with Crippen molar-refractivity contribution in [1.82, 2.24) is 0 Å². The highest BCUT2D eigenvalue weighted by atomic mass is 16.7. The summed E-state index contributed by atoms with van der Waals surface area (Å²) in [6.45, 7) is -0.918. The molecule has 45 heavy (non-hydrogen) atoms. The highest BCUT2D eigenvalue weighted by Gasteiger charge is 2.49. The number of rotatable bonds is 7. The van der Waals surface area contributed by atoms with Crippen LogP contribution in [0.4, 0.5) is 0 Å². The number of hydrogen-bond donors (Lipinski definition) is 11. The van der Waals surface area contributed by atoms with Crippen molar-refractivity contribution in [3.8, 4) is 51.7 Å². The molecule has 3 aromatic rings. The van der Waals surface area contributed by atoms with Gasteiger partial charge in [-0.05, 0) is 36.4 Å². The molecule has 1 heterocycles. The Morgan fingerprint density at radius 2 is 0.911 bits per heavy atom. The number of ether oxygens (including phenoxy) is 4. The van der Waals surface area contributed by atoms with E-state index in [4.69, 9.17) is 18.9 Å². The highest BCUT2D eigenvalue weighted by Crippen LogP contribution is 2.38. The van der Waals surface area contributed by atoms with E-state index in [1.807, 2.05) is 0 Å². The zero-order chi connectivity index (χ0) is 33.3. The van der Waals surface area contributed by atoms with Crippen molar-refractivity contribution in [3.05, 3.63) is 53.1 Å². The zero-order valence-corrected chi connectivity index (χ0v) is 22.3. The maximum absolute atomic E-state index is 12.8. The number of phenols is 9. The predicted octanol–water partition coefficient (Wildman–Crippen LogP) is -0.277. The van der Waals surface area contributed by atoms with Gasteiger partial charge < -0.3 is 75.1 Å². The molecule has 5 atom stereocenters. The Kier molecular flexibility index (Phi) is 8.84. The monoisotopic (exact) mass is 636 g/mol. The van der Waals surface area contributed by atoms with Gasteiger partial charge in [-0.15, -0.1) is 0 Å². The molecule has 18 heteroatoms. The lowest BCUT2D eigenvalue weighted by molar-refractivity contribution is -0.284. The SMILES string of the molecule is O=C(OCC1O[C@@H](OC(=O)c2cc(O)c(O)c(O)c2)C(O)[C@H](OC(=O)c2cc(O)c(O)c(O)c2)[C@@H]1O)c1cc(O)c(O)c(O)c1. The van der Waals surface area contributed by atoms with Gasteiger partial charge in [-0.25, -0.2) is 14.4 Å². The Bertz CT molecular complexity index is 1580. The fourth-order valence-electron chi connectivity index (χ4n) is 4.05. The lowest BCUT2D eigenvalue weighted by Gasteiger charge is -2.41. The first-order valence-electron chi connectivity index (χ1n) is 12.4. The molecule has 1 aliphatic heterocycles. The standard InChI is InChI=1S/C27H24O18/c28-11-1-8(2-12(29)18(11)34)24(39)42-7-17-21(37)23(44-25(40)9-3-13(30)19(35)14(31)4-9)22(38)27(43-17)45-26(41)10-5-15(32)20(36)16(33)6-10/h1-6,17,21-23,27-38H,7H2/t17?,21-,22?,23-,27+/m1/s1. The predicted molar refractivity (Wildman–Crippen MR) is 140 cm³/mol. The van der Waals surface area contributed by atoms with Crippen molar-refractivity contribution in [1.29, 1.82) is 0 Å². The van der Waals surface area contributed by atoms with Gasteiger partial charge in [0.2, 0.25) is 6.29 Å². The van der Waals surface area contributed by atoms with Crippen LogP contribution < -0.4 is 0 Å². The van der Waals surface area contributed by atoms with Gasteiger partial charge in [-0.3, -0.25) is 0 Å². The van der Waals surface area contributed by atoms with Crippen molar-refractivity contribution < 1.29 is 89.5 Å². The minimum atomic E-state index is -2.19. The summed E-state index contributed by atoms with van der Waals surface area (Å²) in [6.07, 6.45) is -10.2. The lowest BCUT2D eigenvalue weighted by Crippen LogP contribution is -2.61. The summed E-state index contributed by atoms with van der Waals surface area (Å²) in [5, 5.41) is 108. The van der Waals surface area contributed by atoms with Crippen LogP contribution in [0.15, 0.2) is 36.4 Å². The smallest absolute Gasteiger partial charge is 0.340 e. The average Bonchev–Trinajstić information content (AvgIpc) is 2.99. The number of esters is 3. The average molecular weight is 636 g/mol. The number of aliphatic hydroxyl groups is 2. The third kappa shape index (κ3) is 6.56. The first-order chi connectivity index (χ1) is 21.1. The Morgan fingerprint density at radius 1 is 0.556 bits per heavy atom. The van der Waals surface area contributed by atoms with Crippen LogP contribution in [0.3, 0.4) is 0 Å². The van der Waals surface area contributed by atoms with E-state index in [0.29, 0.717) is 24.3 Å². The summed E-state index contributed by atoms with van der Waals surface area (Å²) in [5.41, 5.74) is -1.62. The quantitative estimate of drug-likeness (QED) is 0.0902. The van der Waals surface area contributed by atoms with Gasteiger partial charge in [0.1, 0.15) is 18.8 Å². The number of carbonyl (C=O) groups is 3. The maximum Gasteiger partial charge on any atom is 0.340 e. The van der Waals surface area contributed by atoms with Gasteiger partial charge >= 0.3 is 17.9 Å². The number of hydrogen-bond acceptors (Lipinski definition) is 18. The van der Waals surface area contributed by atoms with Crippen LogP contribution in [0, 0.1) is 0 Å². The van der Waals surface area contributed by atoms with Gasteiger partial charge in [0.25, 0.3) is 0 Å². The molecule has 1 saturated heterocycles. The van der Waals surface area contributed by atoms with Crippen molar-refractivity contribution in [2.75, 3.05) is 6.61 Å². The fourth-order valence-corrected chi connectivity index (χ4v) is 4.05. The third-order valence-electron chi connectivity index (χ3n) is 6.40. The molecule has 2 unspecified atom stereocenters. The number of aromatic hydroxyl groups is 9. The van der Waals surface area contributed by atoms with E-state index >= 15 is 0 Å². The Balaban J connectivity index is 1.59. The second-order valence-corrected chi connectivity index (χ2v) is 9.49. The molecule has 0 saturated carbocycles. The molecule has 3 aromatic carbocycles. The van der Waals surface area contributed by atoms with Gasteiger partial charge in [-0.2, -0.15) is 0 Å². The minimum absolute atomic E-state index is 0.474. The minimum Gasteiger partial charge on any atom is -0.504 e. The Morgan fingerprint density at radius 3 is 1.31 bits per heavy atom. The van der Waals surface area contributed by atoms with E-state index in [-0.39, 0.29) is 0 Å². The molecule has 0 spiro atoms. The number of aliphatic hydroxyl groups excluding tert-OH is 2. The molecule has 1 aliphatic rings.